The maximum absolute atomic E-state index is 12.0. The zero-order valence-electron chi connectivity index (χ0n) is 13.7. The summed E-state index contributed by atoms with van der Waals surface area (Å²) in [5, 5.41) is 11.6. The molecule has 1 aliphatic carbocycles. The van der Waals surface area contributed by atoms with E-state index in [1.54, 1.807) is 6.20 Å². The Hall–Kier alpha value is -2.57. The van der Waals surface area contributed by atoms with Crippen LogP contribution < -0.4 is 10.2 Å². The summed E-state index contributed by atoms with van der Waals surface area (Å²) in [5.41, 5.74) is 3.66. The molecule has 1 amide bonds. The third kappa shape index (κ3) is 2.93. The molecule has 124 valence electrons. The molecule has 0 saturated carbocycles. The molecule has 2 aromatic rings. The van der Waals surface area contributed by atoms with Crippen molar-refractivity contribution in [1.29, 1.82) is 0 Å². The minimum atomic E-state index is -0.168. The van der Waals surface area contributed by atoms with E-state index >= 15 is 0 Å². The molecule has 24 heavy (non-hydrogen) atoms. The maximum atomic E-state index is 12.0. The zero-order chi connectivity index (χ0) is 16.5. The standard InChI is InChI=1S/C17H20N6O/c1-11-6-19-15(8-18-11)17(24)20-7-12-9-23(10-12)16-5-13-3-2-4-14(13)21-22-16/h5-6,8,12H,2-4,7,9-10H2,1H3,(H,20,24). The molecule has 7 heteroatoms. The molecule has 0 bridgehead atoms. The SMILES string of the molecule is Cc1cnc(C(=O)NCC2CN(c3cc4c(nn3)CCC4)C2)cn1. The Kier molecular flexibility index (Phi) is 3.84. The summed E-state index contributed by atoms with van der Waals surface area (Å²) in [4.78, 5) is 22.4. The van der Waals surface area contributed by atoms with E-state index < -0.39 is 0 Å². The van der Waals surface area contributed by atoms with E-state index in [9.17, 15) is 4.79 Å². The van der Waals surface area contributed by atoms with Crippen LogP contribution in [0.15, 0.2) is 18.5 Å². The van der Waals surface area contributed by atoms with Gasteiger partial charge in [-0.1, -0.05) is 0 Å². The molecule has 0 atom stereocenters. The van der Waals surface area contributed by atoms with Crippen LogP contribution in [-0.2, 0) is 12.8 Å². The normalized spacial score (nSPS) is 16.6. The van der Waals surface area contributed by atoms with Gasteiger partial charge >= 0.3 is 0 Å². The van der Waals surface area contributed by atoms with E-state index in [1.165, 1.54) is 18.2 Å². The molecule has 1 aliphatic heterocycles. The second kappa shape index (κ2) is 6.14. The number of anilines is 1. The topological polar surface area (TPSA) is 83.9 Å². The molecule has 0 unspecified atom stereocenters. The van der Waals surface area contributed by atoms with Crippen molar-refractivity contribution >= 4 is 11.7 Å². The Balaban J connectivity index is 1.27. The Labute approximate surface area is 140 Å². The third-order valence-electron chi connectivity index (χ3n) is 4.65. The molecule has 2 aliphatic rings. The van der Waals surface area contributed by atoms with Gasteiger partial charge in [-0.3, -0.25) is 9.78 Å². The number of aromatic nitrogens is 4. The molecular weight excluding hydrogens is 304 g/mol. The molecule has 1 saturated heterocycles. The van der Waals surface area contributed by atoms with E-state index in [1.807, 2.05) is 6.92 Å². The van der Waals surface area contributed by atoms with E-state index in [0.29, 0.717) is 18.2 Å². The van der Waals surface area contributed by atoms with Crippen LogP contribution in [0.2, 0.25) is 0 Å². The monoisotopic (exact) mass is 324 g/mol. The van der Waals surface area contributed by atoms with Crippen LogP contribution in [0.25, 0.3) is 0 Å². The van der Waals surface area contributed by atoms with Crippen molar-refractivity contribution in [2.45, 2.75) is 26.2 Å². The zero-order valence-corrected chi connectivity index (χ0v) is 13.7. The van der Waals surface area contributed by atoms with Crippen LogP contribution in [-0.4, -0.2) is 45.7 Å². The summed E-state index contributed by atoms with van der Waals surface area (Å²) in [6, 6.07) is 2.17. The lowest BCUT2D eigenvalue weighted by atomic mass is 10.00. The highest BCUT2D eigenvalue weighted by atomic mass is 16.1. The number of nitrogens with zero attached hydrogens (tertiary/aromatic N) is 5. The number of hydrogen-bond donors (Lipinski definition) is 1. The first-order chi connectivity index (χ1) is 11.7. The minimum Gasteiger partial charge on any atom is -0.354 e. The van der Waals surface area contributed by atoms with Crippen LogP contribution >= 0.6 is 0 Å². The van der Waals surface area contributed by atoms with Gasteiger partial charge in [-0.05, 0) is 37.8 Å². The van der Waals surface area contributed by atoms with E-state index in [4.69, 9.17) is 0 Å². The van der Waals surface area contributed by atoms with Gasteiger partial charge in [0.2, 0.25) is 0 Å². The van der Waals surface area contributed by atoms with E-state index in [-0.39, 0.29) is 5.91 Å². The average Bonchev–Trinajstić information content (AvgIpc) is 3.01. The lowest BCUT2D eigenvalue weighted by Gasteiger charge is -2.40. The summed E-state index contributed by atoms with van der Waals surface area (Å²) in [5.74, 6) is 1.23. The van der Waals surface area contributed by atoms with Crippen LogP contribution in [0.3, 0.4) is 0 Å². The molecule has 1 fully saturated rings. The average molecular weight is 324 g/mol. The molecule has 0 spiro atoms. The van der Waals surface area contributed by atoms with Gasteiger partial charge in [-0.2, -0.15) is 5.10 Å². The van der Waals surface area contributed by atoms with Crippen molar-refractivity contribution in [3.63, 3.8) is 0 Å². The van der Waals surface area contributed by atoms with Gasteiger partial charge in [0.1, 0.15) is 5.69 Å². The summed E-state index contributed by atoms with van der Waals surface area (Å²) >= 11 is 0. The van der Waals surface area contributed by atoms with Gasteiger partial charge in [0.05, 0.1) is 17.6 Å². The Morgan fingerprint density at radius 3 is 2.92 bits per heavy atom. The second-order valence-corrected chi connectivity index (χ2v) is 6.55. The molecule has 7 nitrogen and oxygen atoms in total. The predicted octanol–water partition coefficient (Wildman–Crippen LogP) is 0.930. The van der Waals surface area contributed by atoms with Crippen LogP contribution in [0.4, 0.5) is 5.82 Å². The third-order valence-corrected chi connectivity index (χ3v) is 4.65. The second-order valence-electron chi connectivity index (χ2n) is 6.55. The molecule has 4 rings (SSSR count). The van der Waals surface area contributed by atoms with Gasteiger partial charge < -0.3 is 10.2 Å². The quantitative estimate of drug-likeness (QED) is 0.901. The van der Waals surface area contributed by atoms with Crippen molar-refractivity contribution in [1.82, 2.24) is 25.5 Å². The molecular formula is C17H20N6O. The first-order valence-electron chi connectivity index (χ1n) is 8.36. The van der Waals surface area contributed by atoms with Gasteiger partial charge in [0, 0.05) is 31.7 Å². The fraction of sp³-hybridized carbons (Fsp3) is 0.471. The first kappa shape index (κ1) is 15.0. The highest BCUT2D eigenvalue weighted by Gasteiger charge is 2.29. The minimum absolute atomic E-state index is 0.168. The predicted molar refractivity (Wildman–Crippen MR) is 88.9 cm³/mol. The molecule has 3 heterocycles. The number of aryl methyl sites for hydroxylation is 3. The molecule has 0 radical (unpaired) electrons. The Bertz CT molecular complexity index is 754. The summed E-state index contributed by atoms with van der Waals surface area (Å²) < 4.78 is 0. The van der Waals surface area contributed by atoms with Gasteiger partial charge in [-0.25, -0.2) is 4.98 Å². The largest absolute Gasteiger partial charge is 0.354 e. The lowest BCUT2D eigenvalue weighted by Crippen LogP contribution is -2.52. The maximum Gasteiger partial charge on any atom is 0.271 e. The number of hydrogen-bond acceptors (Lipinski definition) is 6. The highest BCUT2D eigenvalue weighted by molar-refractivity contribution is 5.91. The number of amides is 1. The molecule has 2 aromatic heterocycles. The van der Waals surface area contributed by atoms with Gasteiger partial charge in [0.15, 0.2) is 5.82 Å². The molecule has 1 N–H and O–H groups in total. The lowest BCUT2D eigenvalue weighted by molar-refractivity contribution is 0.0939. The van der Waals surface area contributed by atoms with Crippen molar-refractivity contribution in [3.05, 3.63) is 41.1 Å². The van der Waals surface area contributed by atoms with Crippen molar-refractivity contribution in [3.8, 4) is 0 Å². The van der Waals surface area contributed by atoms with Crippen molar-refractivity contribution in [2.24, 2.45) is 5.92 Å². The van der Waals surface area contributed by atoms with E-state index in [0.717, 1.165) is 43.1 Å². The van der Waals surface area contributed by atoms with Crippen molar-refractivity contribution < 1.29 is 4.79 Å². The van der Waals surface area contributed by atoms with E-state index in [2.05, 4.69) is 36.4 Å². The fourth-order valence-corrected chi connectivity index (χ4v) is 3.20. The Morgan fingerprint density at radius 2 is 2.12 bits per heavy atom. The number of carbonyl (C=O) groups is 1. The summed E-state index contributed by atoms with van der Waals surface area (Å²) in [6.07, 6.45) is 6.47. The van der Waals surface area contributed by atoms with Crippen LogP contribution in [0, 0.1) is 12.8 Å². The highest BCUT2D eigenvalue weighted by Crippen LogP contribution is 2.26. The Morgan fingerprint density at radius 1 is 1.25 bits per heavy atom. The fourth-order valence-electron chi connectivity index (χ4n) is 3.20. The van der Waals surface area contributed by atoms with Gasteiger partial charge in [0.25, 0.3) is 5.91 Å². The number of fused-ring (bicyclic) bond motifs is 1. The van der Waals surface area contributed by atoms with Crippen LogP contribution in [0.5, 0.6) is 0 Å². The van der Waals surface area contributed by atoms with Crippen molar-refractivity contribution in [2.75, 3.05) is 24.5 Å². The number of carbonyl (C=O) groups excluding carboxylic acids is 1. The molecule has 0 aromatic carbocycles. The first-order valence-corrected chi connectivity index (χ1v) is 8.36. The smallest absolute Gasteiger partial charge is 0.271 e. The summed E-state index contributed by atoms with van der Waals surface area (Å²) in [7, 11) is 0. The van der Waals surface area contributed by atoms with Gasteiger partial charge in [-0.15, -0.1) is 5.10 Å². The summed E-state index contributed by atoms with van der Waals surface area (Å²) in [6.45, 7) is 4.28. The van der Waals surface area contributed by atoms with Crippen LogP contribution in [0.1, 0.15) is 33.9 Å². The number of rotatable bonds is 4. The number of nitrogens with one attached hydrogen (secondary N) is 1.